The summed E-state index contributed by atoms with van der Waals surface area (Å²) in [4.78, 5) is 12.1. The Hall–Kier alpha value is -0.610. The first-order chi connectivity index (χ1) is 8.65. The van der Waals surface area contributed by atoms with Gasteiger partial charge < -0.3 is 15.4 Å². The largest absolute Gasteiger partial charge is 0.375 e. The lowest BCUT2D eigenvalue weighted by Gasteiger charge is -2.37. The fraction of sp³-hybridized carbons (Fsp3) is 0.933. The van der Waals surface area contributed by atoms with Gasteiger partial charge in [-0.3, -0.25) is 4.79 Å². The van der Waals surface area contributed by atoms with E-state index in [4.69, 9.17) is 4.74 Å². The lowest BCUT2D eigenvalue weighted by molar-refractivity contribution is -0.125. The van der Waals surface area contributed by atoms with E-state index in [1.807, 2.05) is 6.92 Å². The summed E-state index contributed by atoms with van der Waals surface area (Å²) in [6.07, 6.45) is 2.84. The van der Waals surface area contributed by atoms with Crippen molar-refractivity contribution in [1.29, 1.82) is 0 Å². The van der Waals surface area contributed by atoms with Gasteiger partial charge in [0.1, 0.15) is 0 Å². The van der Waals surface area contributed by atoms with Gasteiger partial charge >= 0.3 is 0 Å². The van der Waals surface area contributed by atoms with Crippen LogP contribution >= 0.6 is 0 Å². The molecule has 1 aliphatic heterocycles. The molecule has 1 heterocycles. The Kier molecular flexibility index (Phi) is 5.39. The fourth-order valence-electron chi connectivity index (χ4n) is 2.33. The molecule has 2 N–H and O–H groups in total. The minimum absolute atomic E-state index is 0.0798. The van der Waals surface area contributed by atoms with E-state index in [-0.39, 0.29) is 23.1 Å². The van der Waals surface area contributed by atoms with E-state index >= 15 is 0 Å². The second-order valence-electron chi connectivity index (χ2n) is 6.91. The molecule has 0 aromatic rings. The fourth-order valence-corrected chi connectivity index (χ4v) is 2.33. The maximum absolute atomic E-state index is 12.1. The molecule has 2 atom stereocenters. The second-order valence-corrected chi connectivity index (χ2v) is 6.91. The number of ether oxygens (including phenoxy) is 1. The van der Waals surface area contributed by atoms with Gasteiger partial charge in [0.2, 0.25) is 5.91 Å². The maximum atomic E-state index is 12.1. The SMILES string of the molecule is CCC(C)(C)NC(=O)C(C)NC1CCOC(C)(C)C1. The van der Waals surface area contributed by atoms with E-state index in [9.17, 15) is 4.79 Å². The molecule has 0 bridgehead atoms. The smallest absolute Gasteiger partial charge is 0.237 e. The van der Waals surface area contributed by atoms with Crippen molar-refractivity contribution in [2.24, 2.45) is 0 Å². The van der Waals surface area contributed by atoms with Crippen molar-refractivity contribution in [2.75, 3.05) is 6.61 Å². The summed E-state index contributed by atoms with van der Waals surface area (Å²) >= 11 is 0. The summed E-state index contributed by atoms with van der Waals surface area (Å²) in [6, 6.07) is 0.193. The van der Waals surface area contributed by atoms with Gasteiger partial charge in [-0.15, -0.1) is 0 Å². The zero-order valence-electron chi connectivity index (χ0n) is 13.3. The number of carbonyl (C=O) groups excluding carboxylic acids is 1. The van der Waals surface area contributed by atoms with Crippen molar-refractivity contribution in [2.45, 2.75) is 84.0 Å². The van der Waals surface area contributed by atoms with E-state index < -0.39 is 0 Å². The van der Waals surface area contributed by atoms with E-state index in [0.717, 1.165) is 25.9 Å². The van der Waals surface area contributed by atoms with Crippen LogP contribution in [0.25, 0.3) is 0 Å². The van der Waals surface area contributed by atoms with E-state index in [0.29, 0.717) is 6.04 Å². The van der Waals surface area contributed by atoms with Gasteiger partial charge in [-0.2, -0.15) is 0 Å². The van der Waals surface area contributed by atoms with Gasteiger partial charge in [-0.05, 0) is 53.9 Å². The summed E-state index contributed by atoms with van der Waals surface area (Å²) < 4.78 is 5.70. The first kappa shape index (κ1) is 16.4. The standard InChI is InChI=1S/C15H30N2O2/c1-7-14(3,4)17-13(18)11(2)16-12-8-9-19-15(5,6)10-12/h11-12,16H,7-10H2,1-6H3,(H,17,18). The zero-order chi connectivity index (χ0) is 14.7. The summed E-state index contributed by atoms with van der Waals surface area (Å²) in [5.41, 5.74) is -0.225. The van der Waals surface area contributed by atoms with Crippen molar-refractivity contribution < 1.29 is 9.53 Å². The van der Waals surface area contributed by atoms with Crippen LogP contribution in [0.2, 0.25) is 0 Å². The van der Waals surface area contributed by atoms with E-state index in [2.05, 4.69) is 45.3 Å². The van der Waals surface area contributed by atoms with E-state index in [1.165, 1.54) is 0 Å². The molecule has 4 nitrogen and oxygen atoms in total. The van der Waals surface area contributed by atoms with Crippen molar-refractivity contribution in [3.05, 3.63) is 0 Å². The van der Waals surface area contributed by atoms with Crippen molar-refractivity contribution >= 4 is 5.91 Å². The molecule has 19 heavy (non-hydrogen) atoms. The zero-order valence-corrected chi connectivity index (χ0v) is 13.3. The highest BCUT2D eigenvalue weighted by molar-refractivity contribution is 5.82. The van der Waals surface area contributed by atoms with Gasteiger partial charge in [0, 0.05) is 18.2 Å². The quantitative estimate of drug-likeness (QED) is 0.805. The summed E-state index contributed by atoms with van der Waals surface area (Å²) in [7, 11) is 0. The number of hydrogen-bond acceptors (Lipinski definition) is 3. The number of amides is 1. The Morgan fingerprint density at radius 1 is 1.47 bits per heavy atom. The van der Waals surface area contributed by atoms with Crippen LogP contribution in [0, 0.1) is 0 Å². The average molecular weight is 270 g/mol. The molecule has 4 heteroatoms. The van der Waals surface area contributed by atoms with E-state index in [1.54, 1.807) is 0 Å². The van der Waals surface area contributed by atoms with Crippen LogP contribution < -0.4 is 10.6 Å². The van der Waals surface area contributed by atoms with Crippen molar-refractivity contribution in [1.82, 2.24) is 10.6 Å². The highest BCUT2D eigenvalue weighted by Crippen LogP contribution is 2.24. The molecule has 1 amide bonds. The Morgan fingerprint density at radius 3 is 2.63 bits per heavy atom. The average Bonchev–Trinajstić information content (AvgIpc) is 2.27. The topological polar surface area (TPSA) is 50.4 Å². The predicted molar refractivity (Wildman–Crippen MR) is 78.2 cm³/mol. The minimum atomic E-state index is -0.162. The van der Waals surface area contributed by atoms with Crippen LogP contribution in [0.15, 0.2) is 0 Å². The first-order valence-electron chi connectivity index (χ1n) is 7.37. The summed E-state index contributed by atoms with van der Waals surface area (Å²) in [6.45, 7) is 13.1. The molecule has 1 fully saturated rings. The molecule has 1 rings (SSSR count). The van der Waals surface area contributed by atoms with Crippen molar-refractivity contribution in [3.8, 4) is 0 Å². The van der Waals surface area contributed by atoms with Gasteiger partial charge in [0.15, 0.2) is 0 Å². The number of carbonyl (C=O) groups is 1. The molecular weight excluding hydrogens is 240 g/mol. The first-order valence-corrected chi connectivity index (χ1v) is 7.37. The lowest BCUT2D eigenvalue weighted by Crippen LogP contribution is -2.54. The summed E-state index contributed by atoms with van der Waals surface area (Å²) in [5.74, 6) is 0.0798. The number of nitrogens with one attached hydrogen (secondary N) is 2. The lowest BCUT2D eigenvalue weighted by atomic mass is 9.93. The normalized spacial score (nSPS) is 24.8. The molecule has 1 saturated heterocycles. The molecule has 0 aromatic carbocycles. The third kappa shape index (κ3) is 5.49. The van der Waals surface area contributed by atoms with Crippen LogP contribution in [0.4, 0.5) is 0 Å². The summed E-state index contributed by atoms with van der Waals surface area (Å²) in [5, 5.41) is 6.51. The molecule has 0 aliphatic carbocycles. The Balaban J connectivity index is 2.46. The molecule has 0 spiro atoms. The highest BCUT2D eigenvalue weighted by atomic mass is 16.5. The maximum Gasteiger partial charge on any atom is 0.237 e. The Labute approximate surface area is 117 Å². The molecule has 2 unspecified atom stereocenters. The predicted octanol–water partition coefficient (Wildman–Crippen LogP) is 2.23. The van der Waals surface area contributed by atoms with Gasteiger partial charge in [0.05, 0.1) is 11.6 Å². The van der Waals surface area contributed by atoms with Gasteiger partial charge in [0.25, 0.3) is 0 Å². The molecule has 0 aromatic heterocycles. The van der Waals surface area contributed by atoms with Crippen LogP contribution in [0.5, 0.6) is 0 Å². The second kappa shape index (κ2) is 6.23. The molecule has 112 valence electrons. The van der Waals surface area contributed by atoms with Gasteiger partial charge in [-0.1, -0.05) is 6.92 Å². The number of rotatable bonds is 5. The van der Waals surface area contributed by atoms with Gasteiger partial charge in [-0.25, -0.2) is 0 Å². The molecular formula is C15H30N2O2. The van der Waals surface area contributed by atoms with Crippen LogP contribution in [-0.4, -0.2) is 35.7 Å². The molecule has 0 radical (unpaired) electrons. The molecule has 1 aliphatic rings. The number of hydrogen-bond donors (Lipinski definition) is 2. The van der Waals surface area contributed by atoms with Crippen LogP contribution in [0.3, 0.4) is 0 Å². The highest BCUT2D eigenvalue weighted by Gasteiger charge is 2.31. The third-order valence-corrected chi connectivity index (χ3v) is 3.92. The monoisotopic (exact) mass is 270 g/mol. The van der Waals surface area contributed by atoms with Crippen LogP contribution in [0.1, 0.15) is 60.8 Å². The minimum Gasteiger partial charge on any atom is -0.375 e. The Bertz CT molecular complexity index is 313. The Morgan fingerprint density at radius 2 is 2.11 bits per heavy atom. The molecule has 0 saturated carbocycles. The third-order valence-electron chi connectivity index (χ3n) is 3.92. The van der Waals surface area contributed by atoms with Crippen LogP contribution in [-0.2, 0) is 9.53 Å². The van der Waals surface area contributed by atoms with Crippen molar-refractivity contribution in [3.63, 3.8) is 0 Å².